The summed E-state index contributed by atoms with van der Waals surface area (Å²) in [5.41, 5.74) is -6.04. The van der Waals surface area contributed by atoms with Crippen LogP contribution >= 0.6 is 0 Å². The van der Waals surface area contributed by atoms with Gasteiger partial charge in [0.05, 0.1) is 0 Å². The highest BCUT2D eigenvalue weighted by molar-refractivity contribution is 6.40. The van der Waals surface area contributed by atoms with Gasteiger partial charge in [0.1, 0.15) is 47.0 Å². The highest BCUT2D eigenvalue weighted by Crippen LogP contribution is 2.42. The first-order valence-electron chi connectivity index (χ1n) is 5.91. The van der Waals surface area contributed by atoms with Gasteiger partial charge in [0.2, 0.25) is 0 Å². The zero-order valence-corrected chi connectivity index (χ0v) is 11.1. The first kappa shape index (κ1) is 16.1. The van der Waals surface area contributed by atoms with Crippen LogP contribution in [0.2, 0.25) is 0 Å². The van der Waals surface area contributed by atoms with Crippen LogP contribution in [0.1, 0.15) is 6.92 Å². The van der Waals surface area contributed by atoms with Gasteiger partial charge in [0.15, 0.2) is 0 Å². The van der Waals surface area contributed by atoms with Crippen LogP contribution in [0.3, 0.4) is 0 Å². The van der Waals surface area contributed by atoms with Gasteiger partial charge < -0.3 is 20.1 Å². The molecule has 1 saturated heterocycles. The van der Waals surface area contributed by atoms with E-state index in [1.165, 1.54) is 0 Å². The lowest BCUT2D eigenvalue weighted by Crippen LogP contribution is -2.60. The van der Waals surface area contributed by atoms with Crippen LogP contribution in [0.5, 0.6) is 0 Å². The minimum Gasteiger partial charge on any atom is -0.406 e. The molecule has 4 atom stereocenters. The molecule has 6 radical (unpaired) electrons. The molecule has 106 valence electrons. The Morgan fingerprint density at radius 1 is 1.38 bits per heavy atom. The number of nitrogens with one attached hydrogen (secondary N) is 1. The smallest absolute Gasteiger partial charge is 0.330 e. The summed E-state index contributed by atoms with van der Waals surface area (Å²) in [6.45, 7) is 1.12. The standard InChI is InChI=1S/C10H11B3N2O6/c1-8(10(12,13)20)5(17)6(18)9(11,21-8)15-3-2-4(16)14-7(15)19/h2-3,5-6,17-18,20H,1H3,(H,14,16,19)/t5-,6+,8-,9-/m0/s1. The molecule has 8 nitrogen and oxygen atoms in total. The number of H-pyrrole nitrogens is 1. The lowest BCUT2D eigenvalue weighted by atomic mass is 9.55. The predicted molar refractivity (Wildman–Crippen MR) is 73.0 cm³/mol. The second-order valence-corrected chi connectivity index (χ2v) is 5.16. The Hall–Kier alpha value is -1.29. The predicted octanol–water partition coefficient (Wildman–Crippen LogP) is -4.19. The van der Waals surface area contributed by atoms with Crippen molar-refractivity contribution in [3.8, 4) is 0 Å². The summed E-state index contributed by atoms with van der Waals surface area (Å²) in [5, 5.41) is 27.3. The topological polar surface area (TPSA) is 125 Å². The van der Waals surface area contributed by atoms with E-state index in [9.17, 15) is 24.9 Å². The van der Waals surface area contributed by atoms with Gasteiger partial charge in [-0.25, -0.2) is 4.79 Å². The Kier molecular flexibility index (Phi) is 3.53. The van der Waals surface area contributed by atoms with Gasteiger partial charge in [-0.3, -0.25) is 14.3 Å². The maximum atomic E-state index is 11.8. The van der Waals surface area contributed by atoms with E-state index in [0.29, 0.717) is 4.57 Å². The fourth-order valence-corrected chi connectivity index (χ4v) is 2.19. The highest BCUT2D eigenvalue weighted by atomic mass is 16.6. The van der Waals surface area contributed by atoms with Gasteiger partial charge in [-0.2, -0.15) is 0 Å². The Morgan fingerprint density at radius 2 is 1.95 bits per heavy atom. The van der Waals surface area contributed by atoms with Gasteiger partial charge in [-0.15, -0.1) is 0 Å². The molecule has 1 fully saturated rings. The Labute approximate surface area is 123 Å². The molecule has 1 aliphatic heterocycles. The third-order valence-corrected chi connectivity index (χ3v) is 3.66. The molecule has 4 N–H and O–H groups in total. The number of aliphatic hydroxyl groups is 3. The van der Waals surface area contributed by atoms with Crippen LogP contribution < -0.4 is 11.2 Å². The summed E-state index contributed by atoms with van der Waals surface area (Å²) in [5.74, 6) is 0. The minimum atomic E-state index is -2.56. The summed E-state index contributed by atoms with van der Waals surface area (Å²) in [6.07, 6.45) is -2.69. The number of hydrogen-bond acceptors (Lipinski definition) is 6. The van der Waals surface area contributed by atoms with Crippen LogP contribution in [0.25, 0.3) is 0 Å². The first-order valence-corrected chi connectivity index (χ1v) is 5.91. The van der Waals surface area contributed by atoms with Crippen molar-refractivity contribution in [3.63, 3.8) is 0 Å². The first-order chi connectivity index (χ1) is 9.43. The van der Waals surface area contributed by atoms with Crippen molar-refractivity contribution in [3.05, 3.63) is 33.1 Å². The normalized spacial score (nSPS) is 36.8. The van der Waals surface area contributed by atoms with Gasteiger partial charge in [0.25, 0.3) is 5.56 Å². The SMILES string of the molecule is [B]C([B])(O)[C@@]1(C)O[C@@]([B])(n2ccc(=O)[nH]c2=O)[C@H](O)[C@@H]1O. The van der Waals surface area contributed by atoms with E-state index in [-0.39, 0.29) is 0 Å². The number of hydrogen-bond donors (Lipinski definition) is 4. The summed E-state index contributed by atoms with van der Waals surface area (Å²) < 4.78 is 5.90. The summed E-state index contributed by atoms with van der Waals surface area (Å²) in [7, 11) is 16.5. The number of rotatable bonds is 2. The number of ether oxygens (including phenoxy) is 1. The van der Waals surface area contributed by atoms with Crippen LogP contribution in [-0.4, -0.2) is 71.6 Å². The van der Waals surface area contributed by atoms with E-state index in [2.05, 4.69) is 0 Å². The zero-order valence-electron chi connectivity index (χ0n) is 11.1. The second-order valence-electron chi connectivity index (χ2n) is 5.16. The number of aromatic amines is 1. The molecule has 0 bridgehead atoms. The van der Waals surface area contributed by atoms with E-state index < -0.39 is 40.1 Å². The molecule has 21 heavy (non-hydrogen) atoms. The molecule has 0 spiro atoms. The van der Waals surface area contributed by atoms with Crippen molar-refractivity contribution >= 4 is 23.5 Å². The van der Waals surface area contributed by atoms with Crippen LogP contribution in [0.15, 0.2) is 21.9 Å². The minimum absolute atomic E-state index is 0.652. The van der Waals surface area contributed by atoms with E-state index in [1.807, 2.05) is 4.98 Å². The fourth-order valence-electron chi connectivity index (χ4n) is 2.19. The van der Waals surface area contributed by atoms with Crippen molar-refractivity contribution in [2.24, 2.45) is 0 Å². The Bertz CT molecular complexity index is 670. The molecule has 0 aliphatic carbocycles. The molecule has 11 heteroatoms. The highest BCUT2D eigenvalue weighted by Gasteiger charge is 2.62. The van der Waals surface area contributed by atoms with E-state index in [1.54, 1.807) is 0 Å². The largest absolute Gasteiger partial charge is 0.406 e. The van der Waals surface area contributed by atoms with Gasteiger partial charge in [0, 0.05) is 17.7 Å². The molecule has 0 unspecified atom stereocenters. The molecule has 0 amide bonds. The third kappa shape index (κ3) is 2.20. The maximum Gasteiger partial charge on any atom is 0.330 e. The summed E-state index contributed by atoms with van der Waals surface area (Å²) in [4.78, 5) is 24.7. The number of aliphatic hydroxyl groups excluding tert-OH is 2. The average molecular weight is 288 g/mol. The monoisotopic (exact) mass is 288 g/mol. The van der Waals surface area contributed by atoms with E-state index >= 15 is 0 Å². The lowest BCUT2D eigenvalue weighted by molar-refractivity contribution is -0.162. The van der Waals surface area contributed by atoms with E-state index in [0.717, 1.165) is 19.2 Å². The quantitative estimate of drug-likeness (QED) is 0.409. The van der Waals surface area contributed by atoms with Crippen LogP contribution in [-0.2, 0) is 10.4 Å². The molecule has 1 aromatic rings. The average Bonchev–Trinajstić information content (AvgIpc) is 2.51. The molecule has 0 aromatic carbocycles. The number of nitrogens with zero attached hydrogens (tertiary/aromatic N) is 1. The Balaban J connectivity index is 2.59. The van der Waals surface area contributed by atoms with E-state index in [4.69, 9.17) is 28.3 Å². The van der Waals surface area contributed by atoms with Crippen LogP contribution in [0.4, 0.5) is 0 Å². The molecular weight excluding hydrogens is 277 g/mol. The Morgan fingerprint density at radius 3 is 2.38 bits per heavy atom. The maximum absolute atomic E-state index is 11.8. The van der Waals surface area contributed by atoms with Crippen LogP contribution in [0, 0.1) is 0 Å². The van der Waals surface area contributed by atoms with Gasteiger partial charge >= 0.3 is 5.69 Å². The summed E-state index contributed by atoms with van der Waals surface area (Å²) >= 11 is 0. The van der Waals surface area contributed by atoms with Crippen molar-refractivity contribution in [1.82, 2.24) is 9.55 Å². The number of aromatic nitrogens is 2. The van der Waals surface area contributed by atoms with Crippen molar-refractivity contribution in [1.29, 1.82) is 0 Å². The fraction of sp³-hybridized carbons (Fsp3) is 0.600. The molecule has 0 saturated carbocycles. The molecule has 2 rings (SSSR count). The van der Waals surface area contributed by atoms with Crippen molar-refractivity contribution in [2.45, 2.75) is 35.8 Å². The van der Waals surface area contributed by atoms with Crippen molar-refractivity contribution in [2.75, 3.05) is 0 Å². The molecule has 2 heterocycles. The van der Waals surface area contributed by atoms with Gasteiger partial charge in [-0.1, -0.05) is 0 Å². The lowest BCUT2D eigenvalue weighted by Gasteiger charge is -2.41. The summed E-state index contributed by atoms with van der Waals surface area (Å²) in [6, 6.07) is 0.964. The third-order valence-electron chi connectivity index (χ3n) is 3.66. The molecular formula is C10H11B3N2O6. The van der Waals surface area contributed by atoms with Gasteiger partial charge in [-0.05, 0) is 6.92 Å². The molecule has 1 aromatic heterocycles. The van der Waals surface area contributed by atoms with Crippen molar-refractivity contribution < 1.29 is 20.1 Å². The molecule has 1 aliphatic rings. The second kappa shape index (κ2) is 4.60. The zero-order chi connectivity index (χ0) is 16.2.